The van der Waals surface area contributed by atoms with Gasteiger partial charge in [-0.05, 0) is 31.2 Å². The van der Waals surface area contributed by atoms with Gasteiger partial charge >= 0.3 is 0 Å². The summed E-state index contributed by atoms with van der Waals surface area (Å²) in [5.74, 6) is 1.27. The van der Waals surface area contributed by atoms with Crippen molar-refractivity contribution in [3.63, 3.8) is 0 Å². The molecule has 0 spiro atoms. The van der Waals surface area contributed by atoms with Gasteiger partial charge in [0.1, 0.15) is 17.4 Å². The summed E-state index contributed by atoms with van der Waals surface area (Å²) in [6.07, 6.45) is 1.31. The third kappa shape index (κ3) is 3.59. The number of aryl methyl sites for hydroxylation is 1. The SMILES string of the molecule is Cc1ccc(-c2nc(COc3ccc(-c4nnco4)cc3)cs2)cc1. The monoisotopic (exact) mass is 349 g/mol. The van der Waals surface area contributed by atoms with Gasteiger partial charge in [-0.15, -0.1) is 21.5 Å². The first-order valence-corrected chi connectivity index (χ1v) is 8.67. The van der Waals surface area contributed by atoms with Gasteiger partial charge in [0.2, 0.25) is 12.3 Å². The Morgan fingerprint density at radius 1 is 1.00 bits per heavy atom. The number of aromatic nitrogens is 3. The second-order valence-corrected chi connectivity index (χ2v) is 6.43. The van der Waals surface area contributed by atoms with E-state index in [1.165, 1.54) is 12.0 Å². The molecule has 0 N–H and O–H groups in total. The van der Waals surface area contributed by atoms with Crippen molar-refractivity contribution >= 4 is 11.3 Å². The molecule has 0 bridgehead atoms. The fraction of sp³-hybridized carbons (Fsp3) is 0.105. The van der Waals surface area contributed by atoms with E-state index in [1.54, 1.807) is 11.3 Å². The van der Waals surface area contributed by atoms with Crippen LogP contribution in [0, 0.1) is 6.92 Å². The van der Waals surface area contributed by atoms with Crippen molar-refractivity contribution in [3.05, 3.63) is 71.6 Å². The molecule has 0 fully saturated rings. The molecule has 124 valence electrons. The van der Waals surface area contributed by atoms with Gasteiger partial charge in [-0.1, -0.05) is 29.8 Å². The molecule has 2 aromatic carbocycles. The molecule has 25 heavy (non-hydrogen) atoms. The summed E-state index contributed by atoms with van der Waals surface area (Å²) in [6.45, 7) is 2.51. The maximum atomic E-state index is 5.81. The first-order valence-electron chi connectivity index (χ1n) is 7.79. The summed E-state index contributed by atoms with van der Waals surface area (Å²) >= 11 is 1.63. The van der Waals surface area contributed by atoms with Crippen LogP contribution in [0.5, 0.6) is 5.75 Å². The van der Waals surface area contributed by atoms with Crippen molar-refractivity contribution in [2.75, 3.05) is 0 Å². The van der Waals surface area contributed by atoms with Crippen LogP contribution in [0.1, 0.15) is 11.3 Å². The highest BCUT2D eigenvalue weighted by atomic mass is 32.1. The van der Waals surface area contributed by atoms with Gasteiger partial charge in [0.25, 0.3) is 0 Å². The Kier molecular flexibility index (Phi) is 4.26. The molecule has 2 aromatic heterocycles. The lowest BCUT2D eigenvalue weighted by Crippen LogP contribution is -1.95. The number of thiazole rings is 1. The average molecular weight is 349 g/mol. The van der Waals surface area contributed by atoms with Crippen LogP contribution in [0.25, 0.3) is 22.0 Å². The predicted molar refractivity (Wildman–Crippen MR) is 96.4 cm³/mol. The minimum Gasteiger partial charge on any atom is -0.487 e. The van der Waals surface area contributed by atoms with Gasteiger partial charge in [0.15, 0.2) is 0 Å². The van der Waals surface area contributed by atoms with Gasteiger partial charge in [-0.3, -0.25) is 0 Å². The fourth-order valence-corrected chi connectivity index (χ4v) is 3.16. The largest absolute Gasteiger partial charge is 0.487 e. The van der Waals surface area contributed by atoms with Crippen LogP contribution in [0.3, 0.4) is 0 Å². The first-order chi connectivity index (χ1) is 12.3. The number of hydrogen-bond donors (Lipinski definition) is 0. The molecule has 0 saturated carbocycles. The van der Waals surface area contributed by atoms with Crippen molar-refractivity contribution in [2.45, 2.75) is 13.5 Å². The smallest absolute Gasteiger partial charge is 0.247 e. The minimum atomic E-state index is 0.433. The molecule has 0 atom stereocenters. The zero-order valence-corrected chi connectivity index (χ0v) is 14.4. The van der Waals surface area contributed by atoms with E-state index < -0.39 is 0 Å². The molecule has 0 aliphatic rings. The van der Waals surface area contributed by atoms with E-state index in [-0.39, 0.29) is 0 Å². The Bertz CT molecular complexity index is 945. The van der Waals surface area contributed by atoms with Gasteiger partial charge in [-0.25, -0.2) is 4.98 Å². The summed E-state index contributed by atoms with van der Waals surface area (Å²) in [6, 6.07) is 15.9. The van der Waals surface area contributed by atoms with Crippen LogP contribution in [0.15, 0.2) is 64.7 Å². The molecule has 0 amide bonds. The Labute approximate surface area is 149 Å². The van der Waals surface area contributed by atoms with Crippen molar-refractivity contribution in [1.29, 1.82) is 0 Å². The Hall–Kier alpha value is -2.99. The van der Waals surface area contributed by atoms with Crippen molar-refractivity contribution < 1.29 is 9.15 Å². The van der Waals surface area contributed by atoms with Crippen molar-refractivity contribution in [3.8, 4) is 27.8 Å². The van der Waals surface area contributed by atoms with E-state index in [4.69, 9.17) is 9.15 Å². The van der Waals surface area contributed by atoms with E-state index in [9.17, 15) is 0 Å². The number of rotatable bonds is 5. The van der Waals surface area contributed by atoms with Crippen molar-refractivity contribution in [1.82, 2.24) is 15.2 Å². The summed E-state index contributed by atoms with van der Waals surface area (Å²) in [5.41, 5.74) is 4.15. The maximum absolute atomic E-state index is 5.81. The molecule has 0 radical (unpaired) electrons. The van der Waals surface area contributed by atoms with Crippen LogP contribution in [0.4, 0.5) is 0 Å². The van der Waals surface area contributed by atoms with E-state index in [0.29, 0.717) is 12.5 Å². The van der Waals surface area contributed by atoms with E-state index in [2.05, 4.69) is 46.4 Å². The second kappa shape index (κ2) is 6.86. The zero-order chi connectivity index (χ0) is 17.1. The first kappa shape index (κ1) is 15.5. The van der Waals surface area contributed by atoms with E-state index >= 15 is 0 Å². The summed E-state index contributed by atoms with van der Waals surface area (Å²) in [4.78, 5) is 4.64. The lowest BCUT2D eigenvalue weighted by atomic mass is 10.2. The number of nitrogens with zero attached hydrogens (tertiary/aromatic N) is 3. The number of benzene rings is 2. The topological polar surface area (TPSA) is 61.0 Å². The Morgan fingerprint density at radius 3 is 2.48 bits per heavy atom. The lowest BCUT2D eigenvalue weighted by molar-refractivity contribution is 0.302. The zero-order valence-electron chi connectivity index (χ0n) is 13.5. The third-order valence-corrected chi connectivity index (χ3v) is 4.64. The Morgan fingerprint density at radius 2 is 1.76 bits per heavy atom. The van der Waals surface area contributed by atoms with Crippen LogP contribution < -0.4 is 4.74 Å². The fourth-order valence-electron chi connectivity index (χ4n) is 2.35. The molecular formula is C19H15N3O2S. The predicted octanol–water partition coefficient (Wildman–Crippen LogP) is 4.75. The number of ether oxygens (including phenoxy) is 1. The molecule has 0 saturated heterocycles. The standard InChI is InChI=1S/C19H15N3O2S/c1-13-2-4-15(5-3-13)19-21-16(11-25-19)10-23-17-8-6-14(7-9-17)18-22-20-12-24-18/h2-9,11-12H,10H2,1H3. The summed E-state index contributed by atoms with van der Waals surface area (Å²) in [5, 5.41) is 10.6. The van der Waals surface area contributed by atoms with Gasteiger partial charge in [0, 0.05) is 16.5 Å². The van der Waals surface area contributed by atoms with E-state index in [0.717, 1.165) is 27.6 Å². The highest BCUT2D eigenvalue weighted by Crippen LogP contribution is 2.25. The molecular weight excluding hydrogens is 334 g/mol. The Balaban J connectivity index is 1.41. The van der Waals surface area contributed by atoms with Gasteiger partial charge < -0.3 is 9.15 Å². The molecule has 5 nitrogen and oxygen atoms in total. The molecule has 2 heterocycles. The minimum absolute atomic E-state index is 0.433. The molecule has 6 heteroatoms. The highest BCUT2D eigenvalue weighted by Gasteiger charge is 2.07. The summed E-state index contributed by atoms with van der Waals surface area (Å²) in [7, 11) is 0. The molecule has 4 rings (SSSR count). The second-order valence-electron chi connectivity index (χ2n) is 5.57. The van der Waals surface area contributed by atoms with E-state index in [1.807, 2.05) is 29.6 Å². The van der Waals surface area contributed by atoms with Gasteiger partial charge in [0.05, 0.1) is 5.69 Å². The molecule has 0 aliphatic carbocycles. The lowest BCUT2D eigenvalue weighted by Gasteiger charge is -2.04. The molecule has 0 unspecified atom stereocenters. The third-order valence-electron chi connectivity index (χ3n) is 3.70. The normalized spacial score (nSPS) is 10.8. The van der Waals surface area contributed by atoms with Crippen LogP contribution in [0.2, 0.25) is 0 Å². The summed E-state index contributed by atoms with van der Waals surface area (Å²) < 4.78 is 11.0. The van der Waals surface area contributed by atoms with Gasteiger partial charge in [-0.2, -0.15) is 0 Å². The molecule has 0 aliphatic heterocycles. The van der Waals surface area contributed by atoms with Crippen LogP contribution in [-0.4, -0.2) is 15.2 Å². The average Bonchev–Trinajstić information content (AvgIpc) is 3.33. The van der Waals surface area contributed by atoms with Crippen LogP contribution in [-0.2, 0) is 6.61 Å². The van der Waals surface area contributed by atoms with Crippen molar-refractivity contribution in [2.24, 2.45) is 0 Å². The number of hydrogen-bond acceptors (Lipinski definition) is 6. The highest BCUT2D eigenvalue weighted by molar-refractivity contribution is 7.13. The maximum Gasteiger partial charge on any atom is 0.247 e. The molecule has 4 aromatic rings. The quantitative estimate of drug-likeness (QED) is 0.520. The van der Waals surface area contributed by atoms with Crippen LogP contribution >= 0.6 is 11.3 Å².